The zero-order valence-corrected chi connectivity index (χ0v) is 12.3. The van der Waals surface area contributed by atoms with Gasteiger partial charge in [-0.05, 0) is 26.3 Å². The molecule has 0 aromatic carbocycles. The summed E-state index contributed by atoms with van der Waals surface area (Å²) >= 11 is 0. The van der Waals surface area contributed by atoms with Crippen molar-refractivity contribution in [3.63, 3.8) is 0 Å². The summed E-state index contributed by atoms with van der Waals surface area (Å²) in [5.74, 6) is 0.00937. The van der Waals surface area contributed by atoms with Crippen molar-refractivity contribution < 1.29 is 9.53 Å². The highest BCUT2D eigenvalue weighted by atomic mass is 16.5. The van der Waals surface area contributed by atoms with Crippen molar-refractivity contribution in [2.24, 2.45) is 0 Å². The van der Waals surface area contributed by atoms with E-state index in [4.69, 9.17) is 4.74 Å². The molecular formula is C14H24N4O2. The lowest BCUT2D eigenvalue weighted by Gasteiger charge is -2.11. The number of nitrogens with zero attached hydrogens (tertiary/aromatic N) is 2. The number of nitrogens with one attached hydrogen (secondary N) is 2. The van der Waals surface area contributed by atoms with Gasteiger partial charge in [0.1, 0.15) is 0 Å². The van der Waals surface area contributed by atoms with Gasteiger partial charge in [0.15, 0.2) is 0 Å². The van der Waals surface area contributed by atoms with Crippen LogP contribution < -0.4 is 10.6 Å². The predicted octanol–water partition coefficient (Wildman–Crippen LogP) is 1.39. The zero-order valence-electron chi connectivity index (χ0n) is 12.3. The molecule has 0 spiro atoms. The van der Waals surface area contributed by atoms with Crippen LogP contribution in [-0.2, 0) is 16.1 Å². The van der Waals surface area contributed by atoms with Gasteiger partial charge in [-0.2, -0.15) is 5.10 Å². The van der Waals surface area contributed by atoms with Gasteiger partial charge in [0.05, 0.1) is 24.5 Å². The standard InChI is InChI=1S/C14H24N4O2/c1-3-15-11(2)7-14(19)17-12-8-16-18(9-12)10-13-5-4-6-20-13/h8-9,11,13,15H,3-7,10H2,1-2H3,(H,17,19). The van der Waals surface area contributed by atoms with Crippen LogP contribution in [-0.4, -0.2) is 41.0 Å². The maximum absolute atomic E-state index is 11.8. The van der Waals surface area contributed by atoms with Gasteiger partial charge in [-0.1, -0.05) is 6.92 Å². The van der Waals surface area contributed by atoms with Gasteiger partial charge in [0, 0.05) is 25.3 Å². The molecule has 1 fully saturated rings. The average molecular weight is 280 g/mol. The first-order valence-corrected chi connectivity index (χ1v) is 7.34. The second-order valence-electron chi connectivity index (χ2n) is 5.30. The Morgan fingerprint density at radius 2 is 2.50 bits per heavy atom. The molecule has 2 rings (SSSR count). The summed E-state index contributed by atoms with van der Waals surface area (Å²) in [7, 11) is 0. The van der Waals surface area contributed by atoms with E-state index in [-0.39, 0.29) is 18.1 Å². The predicted molar refractivity (Wildman–Crippen MR) is 77.6 cm³/mol. The maximum Gasteiger partial charge on any atom is 0.226 e. The molecular weight excluding hydrogens is 256 g/mol. The summed E-state index contributed by atoms with van der Waals surface area (Å²) in [5, 5.41) is 10.3. The highest BCUT2D eigenvalue weighted by Gasteiger charge is 2.16. The number of carbonyl (C=O) groups is 1. The Labute approximate surface area is 119 Å². The van der Waals surface area contributed by atoms with Crippen LogP contribution in [0.1, 0.15) is 33.1 Å². The molecule has 1 aliphatic rings. The second kappa shape index (κ2) is 7.40. The molecule has 0 bridgehead atoms. The van der Waals surface area contributed by atoms with Crippen molar-refractivity contribution in [3.8, 4) is 0 Å². The lowest BCUT2D eigenvalue weighted by molar-refractivity contribution is -0.116. The number of aromatic nitrogens is 2. The Morgan fingerprint density at radius 1 is 1.65 bits per heavy atom. The minimum atomic E-state index is 0.00937. The smallest absolute Gasteiger partial charge is 0.226 e. The fourth-order valence-electron chi connectivity index (χ4n) is 2.44. The molecule has 1 saturated heterocycles. The first-order valence-electron chi connectivity index (χ1n) is 7.34. The minimum Gasteiger partial charge on any atom is -0.376 e. The molecule has 6 nitrogen and oxygen atoms in total. The van der Waals surface area contributed by atoms with E-state index in [1.54, 1.807) is 6.20 Å². The first kappa shape index (κ1) is 15.0. The van der Waals surface area contributed by atoms with Gasteiger partial charge in [0.2, 0.25) is 5.91 Å². The molecule has 112 valence electrons. The molecule has 2 atom stereocenters. The summed E-state index contributed by atoms with van der Waals surface area (Å²) < 4.78 is 7.40. The quantitative estimate of drug-likeness (QED) is 0.792. The van der Waals surface area contributed by atoms with Crippen LogP contribution in [0.4, 0.5) is 5.69 Å². The van der Waals surface area contributed by atoms with Gasteiger partial charge in [0.25, 0.3) is 0 Å². The van der Waals surface area contributed by atoms with E-state index in [2.05, 4.69) is 15.7 Å². The molecule has 1 amide bonds. The number of hydrogen-bond donors (Lipinski definition) is 2. The van der Waals surface area contributed by atoms with Crippen LogP contribution in [0.25, 0.3) is 0 Å². The molecule has 2 unspecified atom stereocenters. The number of amides is 1. The van der Waals surface area contributed by atoms with Crippen LogP contribution >= 0.6 is 0 Å². The van der Waals surface area contributed by atoms with Crippen LogP contribution in [0, 0.1) is 0 Å². The number of carbonyl (C=O) groups excluding carboxylic acids is 1. The summed E-state index contributed by atoms with van der Waals surface area (Å²) in [4.78, 5) is 11.8. The Bertz CT molecular complexity index is 427. The van der Waals surface area contributed by atoms with Gasteiger partial charge in [-0.3, -0.25) is 9.48 Å². The molecule has 0 aliphatic carbocycles. The fourth-order valence-corrected chi connectivity index (χ4v) is 2.44. The monoisotopic (exact) mass is 280 g/mol. The summed E-state index contributed by atoms with van der Waals surface area (Å²) in [6, 6.07) is 0.182. The van der Waals surface area contributed by atoms with E-state index in [0.29, 0.717) is 6.42 Å². The third kappa shape index (κ3) is 4.61. The molecule has 2 N–H and O–H groups in total. The highest BCUT2D eigenvalue weighted by molar-refractivity contribution is 5.90. The lowest BCUT2D eigenvalue weighted by Crippen LogP contribution is -2.30. The number of ether oxygens (including phenoxy) is 1. The fraction of sp³-hybridized carbons (Fsp3) is 0.714. The van der Waals surface area contributed by atoms with Crippen LogP contribution in [0.3, 0.4) is 0 Å². The maximum atomic E-state index is 11.8. The first-order chi connectivity index (χ1) is 9.67. The van der Waals surface area contributed by atoms with E-state index in [9.17, 15) is 4.79 Å². The average Bonchev–Trinajstić information content (AvgIpc) is 3.02. The van der Waals surface area contributed by atoms with Crippen molar-refractivity contribution in [3.05, 3.63) is 12.4 Å². The van der Waals surface area contributed by atoms with E-state index in [1.807, 2.05) is 24.7 Å². The highest BCUT2D eigenvalue weighted by Crippen LogP contribution is 2.15. The topological polar surface area (TPSA) is 68.2 Å². The third-order valence-corrected chi connectivity index (χ3v) is 3.38. The molecule has 1 aromatic rings. The van der Waals surface area contributed by atoms with E-state index in [1.165, 1.54) is 0 Å². The van der Waals surface area contributed by atoms with Crippen LogP contribution in [0.15, 0.2) is 12.4 Å². The summed E-state index contributed by atoms with van der Waals surface area (Å²) in [5.41, 5.74) is 0.747. The van der Waals surface area contributed by atoms with Gasteiger partial charge < -0.3 is 15.4 Å². The van der Waals surface area contributed by atoms with Gasteiger partial charge in [-0.25, -0.2) is 0 Å². The summed E-state index contributed by atoms with van der Waals surface area (Å²) in [6.07, 6.45) is 6.47. The normalized spacial score (nSPS) is 20.0. The van der Waals surface area contributed by atoms with Crippen molar-refractivity contribution in [1.82, 2.24) is 15.1 Å². The molecule has 6 heteroatoms. The summed E-state index contributed by atoms with van der Waals surface area (Å²) in [6.45, 7) is 6.50. The van der Waals surface area contributed by atoms with E-state index >= 15 is 0 Å². The lowest BCUT2D eigenvalue weighted by atomic mass is 10.2. The molecule has 1 aliphatic heterocycles. The Hall–Kier alpha value is -1.40. The second-order valence-corrected chi connectivity index (χ2v) is 5.30. The third-order valence-electron chi connectivity index (χ3n) is 3.38. The van der Waals surface area contributed by atoms with Gasteiger partial charge in [-0.15, -0.1) is 0 Å². The molecule has 1 aromatic heterocycles. The number of rotatable bonds is 7. The van der Waals surface area contributed by atoms with Crippen molar-refractivity contribution in [2.45, 2.75) is 51.8 Å². The Balaban J connectivity index is 1.78. The zero-order chi connectivity index (χ0) is 14.4. The van der Waals surface area contributed by atoms with Gasteiger partial charge >= 0.3 is 0 Å². The van der Waals surface area contributed by atoms with Crippen LogP contribution in [0.2, 0.25) is 0 Å². The van der Waals surface area contributed by atoms with Crippen molar-refractivity contribution >= 4 is 11.6 Å². The van der Waals surface area contributed by atoms with E-state index < -0.39 is 0 Å². The van der Waals surface area contributed by atoms with E-state index in [0.717, 1.165) is 38.2 Å². The molecule has 0 saturated carbocycles. The minimum absolute atomic E-state index is 0.00937. The number of anilines is 1. The van der Waals surface area contributed by atoms with Crippen molar-refractivity contribution in [2.75, 3.05) is 18.5 Å². The molecule has 20 heavy (non-hydrogen) atoms. The van der Waals surface area contributed by atoms with Crippen molar-refractivity contribution in [1.29, 1.82) is 0 Å². The van der Waals surface area contributed by atoms with Crippen LogP contribution in [0.5, 0.6) is 0 Å². The largest absolute Gasteiger partial charge is 0.376 e. The Morgan fingerprint density at radius 3 is 3.20 bits per heavy atom. The number of hydrogen-bond acceptors (Lipinski definition) is 4. The Kier molecular flexibility index (Phi) is 5.55. The molecule has 2 heterocycles. The molecule has 0 radical (unpaired) electrons. The SMILES string of the molecule is CCNC(C)CC(=O)Nc1cnn(CC2CCCO2)c1.